The Morgan fingerprint density at radius 3 is 1.14 bits per heavy atom. The number of carboxylic acid groups (broad SMARTS) is 4. The van der Waals surface area contributed by atoms with Gasteiger partial charge in [0.2, 0.25) is 0 Å². The molecule has 0 atom stereocenters. The maximum Gasteiger partial charge on any atom is 0.303 e. The lowest BCUT2D eigenvalue weighted by molar-refractivity contribution is -0.137. The SMILES string of the molecule is CC(=O)O.CC(=O)O.CC(=O)O.CCCCCCC(=O)O. The molecule has 126 valence electrons. The van der Waals surface area contributed by atoms with Crippen LogP contribution in [0.5, 0.6) is 0 Å². The summed E-state index contributed by atoms with van der Waals surface area (Å²) in [5.41, 5.74) is 0. The van der Waals surface area contributed by atoms with Crippen LogP contribution in [0.1, 0.15) is 59.8 Å². The van der Waals surface area contributed by atoms with E-state index in [1.807, 2.05) is 0 Å². The summed E-state index contributed by atoms with van der Waals surface area (Å²) in [5.74, 6) is -3.17. The van der Waals surface area contributed by atoms with Crippen LogP contribution in [0.3, 0.4) is 0 Å². The van der Waals surface area contributed by atoms with Crippen molar-refractivity contribution in [3.63, 3.8) is 0 Å². The van der Waals surface area contributed by atoms with Crippen LogP contribution in [0, 0.1) is 0 Å². The highest BCUT2D eigenvalue weighted by molar-refractivity contribution is 5.66. The van der Waals surface area contributed by atoms with Gasteiger partial charge in [-0.05, 0) is 6.42 Å². The Morgan fingerprint density at radius 1 is 0.667 bits per heavy atom. The summed E-state index contributed by atoms with van der Waals surface area (Å²) >= 11 is 0. The van der Waals surface area contributed by atoms with Crippen molar-refractivity contribution in [2.75, 3.05) is 0 Å². The quantitative estimate of drug-likeness (QED) is 0.565. The van der Waals surface area contributed by atoms with Crippen molar-refractivity contribution < 1.29 is 39.6 Å². The Balaban J connectivity index is -0.000000102. The second kappa shape index (κ2) is 23.0. The van der Waals surface area contributed by atoms with Gasteiger partial charge < -0.3 is 20.4 Å². The van der Waals surface area contributed by atoms with Gasteiger partial charge in [-0.15, -0.1) is 0 Å². The Morgan fingerprint density at radius 2 is 0.952 bits per heavy atom. The minimum Gasteiger partial charge on any atom is -0.481 e. The smallest absolute Gasteiger partial charge is 0.303 e. The maximum atomic E-state index is 9.96. The minimum absolute atomic E-state index is 0.333. The van der Waals surface area contributed by atoms with E-state index in [1.54, 1.807) is 0 Å². The van der Waals surface area contributed by atoms with E-state index in [0.717, 1.165) is 40.0 Å². The van der Waals surface area contributed by atoms with Crippen molar-refractivity contribution in [1.82, 2.24) is 0 Å². The summed E-state index contributed by atoms with van der Waals surface area (Å²) in [5, 5.41) is 30.5. The van der Waals surface area contributed by atoms with Crippen LogP contribution in [-0.2, 0) is 19.2 Å². The highest BCUT2D eigenvalue weighted by Crippen LogP contribution is 2.01. The molecule has 0 heterocycles. The second-order valence-corrected chi connectivity index (χ2v) is 3.76. The fraction of sp³-hybridized carbons (Fsp3) is 0.692. The molecule has 0 saturated carbocycles. The van der Waals surface area contributed by atoms with Crippen molar-refractivity contribution in [3.05, 3.63) is 0 Å². The van der Waals surface area contributed by atoms with Crippen LogP contribution in [0.4, 0.5) is 0 Å². The predicted molar refractivity (Wildman–Crippen MR) is 76.3 cm³/mol. The van der Waals surface area contributed by atoms with Gasteiger partial charge in [0.15, 0.2) is 0 Å². The Bertz CT molecular complexity index is 245. The van der Waals surface area contributed by atoms with Gasteiger partial charge in [0, 0.05) is 27.2 Å². The van der Waals surface area contributed by atoms with Gasteiger partial charge in [0.25, 0.3) is 17.9 Å². The van der Waals surface area contributed by atoms with E-state index >= 15 is 0 Å². The zero-order valence-corrected chi connectivity index (χ0v) is 13.0. The van der Waals surface area contributed by atoms with Gasteiger partial charge in [-0.25, -0.2) is 0 Å². The first-order chi connectivity index (χ1) is 9.47. The Kier molecular flexibility index (Phi) is 29.9. The highest BCUT2D eigenvalue weighted by atomic mass is 16.4. The molecule has 0 amide bonds. The molecule has 0 radical (unpaired) electrons. The Labute approximate surface area is 124 Å². The van der Waals surface area contributed by atoms with E-state index in [-0.39, 0.29) is 0 Å². The average Bonchev–Trinajstić information content (AvgIpc) is 2.21. The van der Waals surface area contributed by atoms with E-state index in [9.17, 15) is 4.79 Å². The number of hydrogen-bond donors (Lipinski definition) is 4. The summed E-state index contributed by atoms with van der Waals surface area (Å²) in [7, 11) is 0. The zero-order valence-electron chi connectivity index (χ0n) is 13.0. The summed E-state index contributed by atoms with van der Waals surface area (Å²) in [6.45, 7) is 5.36. The van der Waals surface area contributed by atoms with Crippen molar-refractivity contribution in [1.29, 1.82) is 0 Å². The van der Waals surface area contributed by atoms with Gasteiger partial charge in [-0.2, -0.15) is 0 Å². The van der Waals surface area contributed by atoms with Crippen LogP contribution in [0.2, 0.25) is 0 Å². The standard InChI is InChI=1S/C7H14O2.3C2H4O2/c1-2-3-4-5-6-7(8)9;3*1-2(3)4/h2-6H2,1H3,(H,8,9);3*1H3,(H,3,4). The normalized spacial score (nSPS) is 7.62. The van der Waals surface area contributed by atoms with Crippen LogP contribution in [0.25, 0.3) is 0 Å². The molecule has 0 aromatic heterocycles. The molecule has 4 N–H and O–H groups in total. The van der Waals surface area contributed by atoms with Crippen molar-refractivity contribution in [2.45, 2.75) is 59.8 Å². The molecule has 0 aliphatic carbocycles. The summed E-state index contributed by atoms with van der Waals surface area (Å²) < 4.78 is 0. The molecular weight excluding hydrogens is 284 g/mol. The first-order valence-corrected chi connectivity index (χ1v) is 6.27. The summed E-state index contributed by atoms with van der Waals surface area (Å²) in [6.07, 6.45) is 4.55. The molecule has 0 aromatic rings. The third kappa shape index (κ3) is 300. The third-order valence-electron chi connectivity index (χ3n) is 1.24. The molecule has 0 aliphatic rings. The largest absolute Gasteiger partial charge is 0.481 e. The fourth-order valence-electron chi connectivity index (χ4n) is 0.703. The molecule has 0 rings (SSSR count). The Hall–Kier alpha value is -2.12. The first-order valence-electron chi connectivity index (χ1n) is 6.27. The molecular formula is C13H26O8. The third-order valence-corrected chi connectivity index (χ3v) is 1.24. The molecule has 0 saturated heterocycles. The van der Waals surface area contributed by atoms with Gasteiger partial charge in [-0.3, -0.25) is 19.2 Å². The van der Waals surface area contributed by atoms with E-state index in [1.165, 1.54) is 6.42 Å². The molecule has 0 bridgehead atoms. The summed E-state index contributed by atoms with van der Waals surface area (Å²) in [6, 6.07) is 0. The van der Waals surface area contributed by atoms with Crippen LogP contribution in [0.15, 0.2) is 0 Å². The number of rotatable bonds is 5. The van der Waals surface area contributed by atoms with E-state index in [0.29, 0.717) is 6.42 Å². The van der Waals surface area contributed by atoms with Crippen LogP contribution in [-0.4, -0.2) is 44.3 Å². The first kappa shape index (κ1) is 27.3. The predicted octanol–water partition coefficient (Wildman–Crippen LogP) is 2.31. The number of hydrogen-bond acceptors (Lipinski definition) is 4. The molecule has 0 fully saturated rings. The number of unbranched alkanes of at least 4 members (excludes halogenated alkanes) is 3. The molecule has 21 heavy (non-hydrogen) atoms. The minimum atomic E-state index is -0.833. The van der Waals surface area contributed by atoms with Crippen molar-refractivity contribution >= 4 is 23.9 Å². The van der Waals surface area contributed by atoms with Gasteiger partial charge >= 0.3 is 5.97 Å². The van der Waals surface area contributed by atoms with Gasteiger partial charge in [0.05, 0.1) is 0 Å². The van der Waals surface area contributed by atoms with Gasteiger partial charge in [0.1, 0.15) is 0 Å². The summed E-state index contributed by atoms with van der Waals surface area (Å²) in [4.78, 5) is 37.0. The lowest BCUT2D eigenvalue weighted by atomic mass is 10.2. The molecule has 8 heteroatoms. The molecule has 0 spiro atoms. The lowest BCUT2D eigenvalue weighted by Crippen LogP contribution is -1.92. The molecule has 0 aliphatic heterocycles. The van der Waals surface area contributed by atoms with E-state index in [4.69, 9.17) is 34.8 Å². The maximum absolute atomic E-state index is 9.96. The van der Waals surface area contributed by atoms with Gasteiger partial charge in [-0.1, -0.05) is 26.2 Å². The van der Waals surface area contributed by atoms with Crippen LogP contribution < -0.4 is 0 Å². The van der Waals surface area contributed by atoms with Crippen molar-refractivity contribution in [3.8, 4) is 0 Å². The molecule has 0 unspecified atom stereocenters. The number of carbonyl (C=O) groups is 4. The topological polar surface area (TPSA) is 149 Å². The van der Waals surface area contributed by atoms with E-state index in [2.05, 4.69) is 6.92 Å². The number of carboxylic acids is 4. The lowest BCUT2D eigenvalue weighted by Gasteiger charge is -1.92. The number of aliphatic carboxylic acids is 4. The zero-order chi connectivity index (χ0) is 17.8. The molecule has 0 aromatic carbocycles. The van der Waals surface area contributed by atoms with Crippen LogP contribution >= 0.6 is 0 Å². The fourth-order valence-corrected chi connectivity index (χ4v) is 0.703. The molecule has 8 nitrogen and oxygen atoms in total. The van der Waals surface area contributed by atoms with Crippen molar-refractivity contribution in [2.24, 2.45) is 0 Å². The van der Waals surface area contributed by atoms with E-state index < -0.39 is 23.9 Å². The highest BCUT2D eigenvalue weighted by Gasteiger charge is 1.93. The monoisotopic (exact) mass is 310 g/mol. The second-order valence-electron chi connectivity index (χ2n) is 3.76. The average molecular weight is 310 g/mol.